The smallest absolute Gasteiger partial charge is 0.326 e. The van der Waals surface area contributed by atoms with Crippen LogP contribution in [-0.2, 0) is 36.8 Å². The first-order valence-corrected chi connectivity index (χ1v) is 13.8. The number of carbonyl (C=O) groups is 5. The zero-order chi connectivity index (χ0) is 32.0. The molecule has 0 aliphatic rings. The summed E-state index contributed by atoms with van der Waals surface area (Å²) in [7, 11) is 0. The van der Waals surface area contributed by atoms with Gasteiger partial charge in [-0.1, -0.05) is 36.4 Å². The van der Waals surface area contributed by atoms with Gasteiger partial charge in [-0.3, -0.25) is 19.2 Å². The molecule has 14 heteroatoms. The molecule has 0 saturated heterocycles. The molecule has 5 unspecified atom stereocenters. The van der Waals surface area contributed by atoms with Crippen LogP contribution in [0, 0.1) is 0 Å². The van der Waals surface area contributed by atoms with Crippen molar-refractivity contribution in [2.24, 2.45) is 5.73 Å². The van der Waals surface area contributed by atoms with Gasteiger partial charge in [0.15, 0.2) is 0 Å². The number of H-pyrrole nitrogens is 2. The van der Waals surface area contributed by atoms with E-state index in [1.54, 1.807) is 12.4 Å². The lowest BCUT2D eigenvalue weighted by molar-refractivity contribution is -0.148. The van der Waals surface area contributed by atoms with Crippen LogP contribution in [-0.4, -0.2) is 85.2 Å². The van der Waals surface area contributed by atoms with Crippen LogP contribution >= 0.6 is 0 Å². The van der Waals surface area contributed by atoms with E-state index < -0.39 is 66.4 Å². The van der Waals surface area contributed by atoms with Gasteiger partial charge in [-0.2, -0.15) is 0 Å². The highest BCUT2D eigenvalue weighted by Gasteiger charge is 2.34. The third-order valence-corrected chi connectivity index (χ3v) is 7.24. The number of aliphatic hydroxyl groups is 1. The van der Waals surface area contributed by atoms with Crippen LogP contribution in [0.4, 0.5) is 0 Å². The molecule has 2 aromatic heterocycles. The summed E-state index contributed by atoms with van der Waals surface area (Å²) in [5.74, 6) is -5.68. The monoisotopic (exact) mass is 606 g/mol. The maximum atomic E-state index is 13.6. The van der Waals surface area contributed by atoms with Crippen molar-refractivity contribution in [1.82, 2.24) is 25.9 Å². The van der Waals surface area contributed by atoms with E-state index in [9.17, 15) is 34.2 Å². The molecular formula is C30H34N6O8. The summed E-state index contributed by atoms with van der Waals surface area (Å²) in [6, 6.07) is 9.06. The first-order chi connectivity index (χ1) is 20.9. The molecule has 5 atom stereocenters. The first kappa shape index (κ1) is 31.7. The van der Waals surface area contributed by atoms with Crippen molar-refractivity contribution in [1.29, 1.82) is 0 Å². The molecule has 0 aliphatic carbocycles. The lowest BCUT2D eigenvalue weighted by Gasteiger charge is -2.26. The molecule has 232 valence electrons. The van der Waals surface area contributed by atoms with Crippen LogP contribution in [0.1, 0.15) is 24.5 Å². The zero-order valence-corrected chi connectivity index (χ0v) is 23.7. The van der Waals surface area contributed by atoms with Crippen LogP contribution < -0.4 is 21.7 Å². The molecule has 10 N–H and O–H groups in total. The molecule has 14 nitrogen and oxygen atoms in total. The highest BCUT2D eigenvalue weighted by molar-refractivity contribution is 5.96. The van der Waals surface area contributed by atoms with E-state index in [2.05, 4.69) is 20.6 Å². The van der Waals surface area contributed by atoms with E-state index in [1.807, 2.05) is 53.8 Å². The number of carboxylic acid groups (broad SMARTS) is 2. The molecule has 44 heavy (non-hydrogen) atoms. The van der Waals surface area contributed by atoms with E-state index >= 15 is 0 Å². The van der Waals surface area contributed by atoms with Crippen molar-refractivity contribution in [3.63, 3.8) is 0 Å². The Kier molecular flexibility index (Phi) is 9.98. The summed E-state index contributed by atoms with van der Waals surface area (Å²) in [5, 5.41) is 37.3. The Morgan fingerprint density at radius 3 is 1.80 bits per heavy atom. The maximum Gasteiger partial charge on any atom is 0.326 e. The summed E-state index contributed by atoms with van der Waals surface area (Å²) in [5.41, 5.74) is 9.42. The van der Waals surface area contributed by atoms with Crippen LogP contribution in [0.5, 0.6) is 0 Å². The third-order valence-electron chi connectivity index (χ3n) is 7.24. The average Bonchev–Trinajstić information content (AvgIpc) is 3.58. The van der Waals surface area contributed by atoms with Crippen molar-refractivity contribution in [2.75, 3.05) is 0 Å². The Bertz CT molecular complexity index is 1680. The average molecular weight is 607 g/mol. The lowest BCUT2D eigenvalue weighted by atomic mass is 10.0. The quantitative estimate of drug-likeness (QED) is 0.0948. The fraction of sp³-hybridized carbons (Fsp3) is 0.300. The Morgan fingerprint density at radius 1 is 0.750 bits per heavy atom. The number of rotatable bonds is 14. The number of aliphatic hydroxyl groups excluding tert-OH is 1. The van der Waals surface area contributed by atoms with Crippen molar-refractivity contribution in [2.45, 2.75) is 56.5 Å². The normalized spacial score (nSPS) is 14.7. The topological polar surface area (TPSA) is 240 Å². The maximum absolute atomic E-state index is 13.6. The molecule has 4 rings (SSSR count). The Balaban J connectivity index is 1.54. The number of nitrogens with two attached hydrogens (primary N) is 1. The number of carboxylic acids is 2. The number of para-hydroxylation sites is 2. The van der Waals surface area contributed by atoms with Gasteiger partial charge in [-0.15, -0.1) is 0 Å². The van der Waals surface area contributed by atoms with Gasteiger partial charge >= 0.3 is 11.9 Å². The molecule has 4 aromatic rings. The van der Waals surface area contributed by atoms with Crippen LogP contribution in [0.15, 0.2) is 60.9 Å². The minimum absolute atomic E-state index is 0.0215. The molecule has 0 bridgehead atoms. The Morgan fingerprint density at radius 2 is 1.27 bits per heavy atom. The van der Waals surface area contributed by atoms with Crippen molar-refractivity contribution < 1.29 is 39.3 Å². The summed E-state index contributed by atoms with van der Waals surface area (Å²) < 4.78 is 0. The SMILES string of the molecule is CC(O)C(NC(=O)C(Cc1c[nH]c2ccccc12)NC(=O)C(N)Cc1c[nH]c2ccccc12)C(=O)NC(CC(=O)O)C(=O)O. The summed E-state index contributed by atoms with van der Waals surface area (Å²) >= 11 is 0. The number of benzene rings is 2. The van der Waals surface area contributed by atoms with E-state index in [1.165, 1.54) is 6.92 Å². The van der Waals surface area contributed by atoms with E-state index in [-0.39, 0.29) is 12.8 Å². The lowest BCUT2D eigenvalue weighted by Crippen LogP contribution is -2.60. The van der Waals surface area contributed by atoms with Crippen molar-refractivity contribution >= 4 is 51.5 Å². The number of aromatic nitrogens is 2. The molecule has 0 aliphatic heterocycles. The number of amides is 3. The summed E-state index contributed by atoms with van der Waals surface area (Å²) in [6.45, 7) is 1.20. The number of fused-ring (bicyclic) bond motifs is 2. The minimum Gasteiger partial charge on any atom is -0.481 e. The first-order valence-electron chi connectivity index (χ1n) is 13.8. The van der Waals surface area contributed by atoms with Gasteiger partial charge in [-0.25, -0.2) is 4.79 Å². The van der Waals surface area contributed by atoms with Crippen LogP contribution in [0.3, 0.4) is 0 Å². The fourth-order valence-corrected chi connectivity index (χ4v) is 4.93. The predicted molar refractivity (Wildman–Crippen MR) is 159 cm³/mol. The summed E-state index contributed by atoms with van der Waals surface area (Å²) in [4.78, 5) is 68.5. The fourth-order valence-electron chi connectivity index (χ4n) is 4.93. The zero-order valence-electron chi connectivity index (χ0n) is 23.7. The molecule has 0 radical (unpaired) electrons. The van der Waals surface area contributed by atoms with E-state index in [0.717, 1.165) is 27.4 Å². The van der Waals surface area contributed by atoms with E-state index in [4.69, 9.17) is 10.8 Å². The third kappa shape index (κ3) is 7.59. The molecule has 2 heterocycles. The molecule has 0 fully saturated rings. The van der Waals surface area contributed by atoms with Gasteiger partial charge in [0.05, 0.1) is 18.6 Å². The second-order valence-electron chi connectivity index (χ2n) is 10.5. The van der Waals surface area contributed by atoms with Gasteiger partial charge in [-0.05, 0) is 36.6 Å². The van der Waals surface area contributed by atoms with Gasteiger partial charge in [0.1, 0.15) is 18.1 Å². The molecular weight excluding hydrogens is 572 g/mol. The van der Waals surface area contributed by atoms with Gasteiger partial charge < -0.3 is 47.0 Å². The van der Waals surface area contributed by atoms with E-state index in [0.29, 0.717) is 5.56 Å². The number of carbonyl (C=O) groups excluding carboxylic acids is 3. The predicted octanol–water partition coefficient (Wildman–Crippen LogP) is 0.156. The number of nitrogens with one attached hydrogen (secondary N) is 5. The summed E-state index contributed by atoms with van der Waals surface area (Å²) in [6.07, 6.45) is 1.16. The number of aliphatic carboxylic acids is 2. The molecule has 0 spiro atoms. The Hall–Kier alpha value is -5.21. The highest BCUT2D eigenvalue weighted by atomic mass is 16.4. The molecule has 2 aromatic carbocycles. The van der Waals surface area contributed by atoms with Gasteiger partial charge in [0, 0.05) is 40.6 Å². The van der Waals surface area contributed by atoms with Gasteiger partial charge in [0.25, 0.3) is 0 Å². The molecule has 0 saturated carbocycles. The number of aromatic amines is 2. The number of hydrogen-bond acceptors (Lipinski definition) is 7. The molecule has 3 amide bonds. The Labute approximate surface area is 251 Å². The van der Waals surface area contributed by atoms with Crippen molar-refractivity contribution in [3.8, 4) is 0 Å². The van der Waals surface area contributed by atoms with Crippen LogP contribution in [0.25, 0.3) is 21.8 Å². The van der Waals surface area contributed by atoms with Crippen LogP contribution in [0.2, 0.25) is 0 Å². The second kappa shape index (κ2) is 13.8. The largest absolute Gasteiger partial charge is 0.481 e. The highest BCUT2D eigenvalue weighted by Crippen LogP contribution is 2.21. The standard InChI is InChI=1S/C30H34N6O8/c1-15(37)26(29(42)35-24(30(43)44)12-25(38)39)36-28(41)23(11-17-14-33-22-9-5-3-7-19(17)22)34-27(40)20(31)10-16-13-32-21-8-4-2-6-18(16)21/h2-9,13-15,20,23-24,26,32-33,37H,10-12,31H2,1H3,(H,34,40)(H,35,42)(H,36,41)(H,38,39)(H,43,44). The minimum atomic E-state index is -1.80. The second-order valence-corrected chi connectivity index (χ2v) is 10.5. The number of hydrogen-bond donors (Lipinski definition) is 9. The van der Waals surface area contributed by atoms with Crippen molar-refractivity contribution in [3.05, 3.63) is 72.1 Å². The van der Waals surface area contributed by atoms with Gasteiger partial charge in [0.2, 0.25) is 17.7 Å².